The molecule has 0 saturated carbocycles. The van der Waals surface area contributed by atoms with Gasteiger partial charge in [-0.05, 0) is 35.9 Å². The lowest BCUT2D eigenvalue weighted by atomic mass is 10.2. The normalized spacial score (nSPS) is 17.0. The highest BCUT2D eigenvalue weighted by Crippen LogP contribution is 2.34. The third-order valence-electron chi connectivity index (χ3n) is 4.57. The van der Waals surface area contributed by atoms with Crippen molar-refractivity contribution in [2.75, 3.05) is 26.2 Å². The van der Waals surface area contributed by atoms with E-state index < -0.39 is 10.0 Å². The lowest BCUT2D eigenvalue weighted by molar-refractivity contribution is 0.180. The molecule has 28 heavy (non-hydrogen) atoms. The van der Waals surface area contributed by atoms with Gasteiger partial charge in [-0.1, -0.05) is 54.9 Å². The average Bonchev–Trinajstić information content (AvgIpc) is 2.63. The number of thioether (sulfide) groups is 1. The molecular weight excluding hydrogens is 456 g/mol. The number of hydrogen-bond acceptors (Lipinski definition) is 4. The van der Waals surface area contributed by atoms with Gasteiger partial charge in [0.2, 0.25) is 10.0 Å². The van der Waals surface area contributed by atoms with E-state index in [1.165, 1.54) is 10.5 Å². The molecule has 0 unspecified atom stereocenters. The predicted molar refractivity (Wildman–Crippen MR) is 120 cm³/mol. The number of rotatable bonds is 5. The van der Waals surface area contributed by atoms with Crippen molar-refractivity contribution in [2.24, 2.45) is 0 Å². The Labute approximate surface area is 181 Å². The SMILES string of the molecule is CC(C)(C)Sc1ccccc1CN1CCN(S(=O)(=O)c2ccc(Br)cc2)CC1. The summed E-state index contributed by atoms with van der Waals surface area (Å²) in [6.07, 6.45) is 0. The fourth-order valence-corrected chi connectivity index (χ4v) is 5.94. The summed E-state index contributed by atoms with van der Waals surface area (Å²) in [6.45, 7) is 10.0. The second kappa shape index (κ2) is 8.88. The first-order valence-electron chi connectivity index (χ1n) is 9.40. The van der Waals surface area contributed by atoms with E-state index in [0.717, 1.165) is 24.1 Å². The zero-order valence-electron chi connectivity index (χ0n) is 16.6. The summed E-state index contributed by atoms with van der Waals surface area (Å²) in [5, 5.41) is 0. The molecule has 2 aromatic rings. The zero-order valence-corrected chi connectivity index (χ0v) is 19.8. The van der Waals surface area contributed by atoms with Crippen LogP contribution in [0.25, 0.3) is 0 Å². The van der Waals surface area contributed by atoms with Gasteiger partial charge in [0.15, 0.2) is 0 Å². The van der Waals surface area contributed by atoms with E-state index in [1.807, 2.05) is 11.8 Å². The first-order valence-corrected chi connectivity index (χ1v) is 12.5. The smallest absolute Gasteiger partial charge is 0.243 e. The lowest BCUT2D eigenvalue weighted by Gasteiger charge is -2.34. The van der Waals surface area contributed by atoms with Gasteiger partial charge in [-0.3, -0.25) is 4.90 Å². The minimum absolute atomic E-state index is 0.160. The minimum atomic E-state index is -3.43. The minimum Gasteiger partial charge on any atom is -0.296 e. The van der Waals surface area contributed by atoms with Crippen molar-refractivity contribution >= 4 is 37.7 Å². The summed E-state index contributed by atoms with van der Waals surface area (Å²) in [6, 6.07) is 15.4. The topological polar surface area (TPSA) is 40.6 Å². The van der Waals surface area contributed by atoms with E-state index in [4.69, 9.17) is 0 Å². The Morgan fingerprint density at radius 3 is 2.18 bits per heavy atom. The van der Waals surface area contributed by atoms with Crippen molar-refractivity contribution in [3.63, 3.8) is 0 Å². The average molecular weight is 483 g/mol. The van der Waals surface area contributed by atoms with Crippen molar-refractivity contribution in [3.8, 4) is 0 Å². The fraction of sp³-hybridized carbons (Fsp3) is 0.429. The monoisotopic (exact) mass is 482 g/mol. The first kappa shape index (κ1) is 21.8. The molecule has 0 radical (unpaired) electrons. The quantitative estimate of drug-likeness (QED) is 0.571. The molecule has 0 bridgehead atoms. The molecule has 1 aliphatic rings. The van der Waals surface area contributed by atoms with Gasteiger partial charge in [-0.2, -0.15) is 4.31 Å². The van der Waals surface area contributed by atoms with E-state index in [1.54, 1.807) is 28.6 Å². The molecule has 0 atom stereocenters. The molecule has 3 rings (SSSR count). The maximum Gasteiger partial charge on any atom is 0.243 e. The standard InChI is InChI=1S/C21H27BrN2O2S2/c1-21(2,3)27-20-7-5-4-6-17(20)16-23-12-14-24(15-13-23)28(25,26)19-10-8-18(22)9-11-19/h4-11H,12-16H2,1-3H3. The first-order chi connectivity index (χ1) is 13.1. The van der Waals surface area contributed by atoms with Crippen LogP contribution in [0.4, 0.5) is 0 Å². The van der Waals surface area contributed by atoms with Crippen LogP contribution in [-0.2, 0) is 16.6 Å². The molecule has 1 fully saturated rings. The van der Waals surface area contributed by atoms with E-state index in [2.05, 4.69) is 65.9 Å². The fourth-order valence-electron chi connectivity index (χ4n) is 3.19. The van der Waals surface area contributed by atoms with E-state index in [0.29, 0.717) is 18.0 Å². The van der Waals surface area contributed by atoms with Crippen molar-refractivity contribution < 1.29 is 8.42 Å². The van der Waals surface area contributed by atoms with Gasteiger partial charge in [0, 0.05) is 46.8 Å². The Morgan fingerprint density at radius 1 is 0.964 bits per heavy atom. The summed E-state index contributed by atoms with van der Waals surface area (Å²) in [5.41, 5.74) is 1.31. The largest absolute Gasteiger partial charge is 0.296 e. The second-order valence-electron chi connectivity index (χ2n) is 7.96. The third kappa shape index (κ3) is 5.60. The Morgan fingerprint density at radius 2 is 1.57 bits per heavy atom. The van der Waals surface area contributed by atoms with Crippen LogP contribution in [0.15, 0.2) is 62.8 Å². The molecule has 0 amide bonds. The predicted octanol–water partition coefficient (Wildman–Crippen LogP) is 4.85. The summed E-state index contributed by atoms with van der Waals surface area (Å²) >= 11 is 5.24. The highest BCUT2D eigenvalue weighted by molar-refractivity contribution is 9.10. The summed E-state index contributed by atoms with van der Waals surface area (Å²) < 4.78 is 28.4. The van der Waals surface area contributed by atoms with Crippen molar-refractivity contribution in [1.82, 2.24) is 9.21 Å². The van der Waals surface area contributed by atoms with Crippen LogP contribution in [0, 0.1) is 0 Å². The van der Waals surface area contributed by atoms with Crippen LogP contribution in [0.1, 0.15) is 26.3 Å². The van der Waals surface area contributed by atoms with Crippen LogP contribution in [0.2, 0.25) is 0 Å². The summed E-state index contributed by atoms with van der Waals surface area (Å²) in [7, 11) is -3.43. The molecule has 1 aliphatic heterocycles. The maximum absolute atomic E-state index is 12.9. The maximum atomic E-state index is 12.9. The number of nitrogens with zero attached hydrogens (tertiary/aromatic N) is 2. The molecule has 0 aromatic heterocycles. The van der Waals surface area contributed by atoms with Crippen molar-refractivity contribution in [2.45, 2.75) is 41.9 Å². The highest BCUT2D eigenvalue weighted by Gasteiger charge is 2.28. The number of sulfonamides is 1. The van der Waals surface area contributed by atoms with E-state index in [-0.39, 0.29) is 4.75 Å². The summed E-state index contributed by atoms with van der Waals surface area (Å²) in [5.74, 6) is 0. The molecule has 1 heterocycles. The van der Waals surface area contributed by atoms with Crippen LogP contribution >= 0.6 is 27.7 Å². The van der Waals surface area contributed by atoms with Gasteiger partial charge in [0.05, 0.1) is 4.90 Å². The molecule has 0 N–H and O–H groups in total. The Kier molecular flexibility index (Phi) is 6.92. The Bertz CT molecular complexity index is 901. The second-order valence-corrected chi connectivity index (χ2v) is 12.7. The van der Waals surface area contributed by atoms with Gasteiger partial charge in [-0.15, -0.1) is 11.8 Å². The van der Waals surface area contributed by atoms with Crippen LogP contribution in [-0.4, -0.2) is 48.5 Å². The zero-order chi connectivity index (χ0) is 20.4. The van der Waals surface area contributed by atoms with E-state index >= 15 is 0 Å². The van der Waals surface area contributed by atoms with Gasteiger partial charge >= 0.3 is 0 Å². The van der Waals surface area contributed by atoms with Crippen LogP contribution in [0.3, 0.4) is 0 Å². The number of benzene rings is 2. The Hall–Kier alpha value is -0.860. The molecule has 0 aliphatic carbocycles. The van der Waals surface area contributed by atoms with Gasteiger partial charge in [-0.25, -0.2) is 8.42 Å². The molecule has 152 valence electrons. The Balaban J connectivity index is 1.64. The van der Waals surface area contributed by atoms with E-state index in [9.17, 15) is 8.42 Å². The summed E-state index contributed by atoms with van der Waals surface area (Å²) in [4.78, 5) is 4.01. The molecule has 2 aromatic carbocycles. The van der Waals surface area contributed by atoms with Gasteiger partial charge < -0.3 is 0 Å². The number of halogens is 1. The van der Waals surface area contributed by atoms with Gasteiger partial charge in [0.1, 0.15) is 0 Å². The number of hydrogen-bond donors (Lipinski definition) is 0. The third-order valence-corrected chi connectivity index (χ3v) is 8.24. The highest BCUT2D eigenvalue weighted by atomic mass is 79.9. The lowest BCUT2D eigenvalue weighted by Crippen LogP contribution is -2.48. The van der Waals surface area contributed by atoms with Crippen LogP contribution < -0.4 is 0 Å². The molecule has 0 spiro atoms. The molecule has 7 heteroatoms. The number of piperazine rings is 1. The molecule has 4 nitrogen and oxygen atoms in total. The van der Waals surface area contributed by atoms with Gasteiger partial charge in [0.25, 0.3) is 0 Å². The molecule has 1 saturated heterocycles. The van der Waals surface area contributed by atoms with Crippen molar-refractivity contribution in [1.29, 1.82) is 0 Å². The van der Waals surface area contributed by atoms with Crippen LogP contribution in [0.5, 0.6) is 0 Å². The van der Waals surface area contributed by atoms with Crippen molar-refractivity contribution in [3.05, 3.63) is 58.6 Å². The molecular formula is C21H27BrN2O2S2.